The molecule has 0 rings (SSSR count). The fourth-order valence-electron chi connectivity index (χ4n) is 0.164. The van der Waals surface area contributed by atoms with E-state index in [0.717, 1.165) is 0 Å². The van der Waals surface area contributed by atoms with E-state index >= 15 is 0 Å². The summed E-state index contributed by atoms with van der Waals surface area (Å²) < 4.78 is 21.6. The third kappa shape index (κ3) is 2.41. The van der Waals surface area contributed by atoms with Crippen LogP contribution in [0, 0.1) is 0 Å². The summed E-state index contributed by atoms with van der Waals surface area (Å²) >= 11 is 1.87. The van der Waals surface area contributed by atoms with Crippen molar-refractivity contribution in [1.29, 1.82) is 0 Å². The average Bonchev–Trinajstić information content (AvgIpc) is 1.64. The highest BCUT2D eigenvalue weighted by atomic mass is 127. The van der Waals surface area contributed by atoms with E-state index in [0.29, 0.717) is 0 Å². The second-order valence-electron chi connectivity index (χ2n) is 2.84. The molecular weight excluding hydrogens is 251 g/mol. The molecule has 0 N–H and O–H groups in total. The van der Waals surface area contributed by atoms with E-state index in [-0.39, 0.29) is 3.76 Å². The zero-order valence-corrected chi connectivity index (χ0v) is 8.78. The van der Waals surface area contributed by atoms with Gasteiger partial charge in [-0.2, -0.15) is 0 Å². The van der Waals surface area contributed by atoms with Crippen LogP contribution in [0.5, 0.6) is 0 Å². The van der Waals surface area contributed by atoms with Crippen molar-refractivity contribution in [2.45, 2.75) is 25.5 Å². The van der Waals surface area contributed by atoms with Crippen LogP contribution in [-0.2, 0) is 9.84 Å². The lowest BCUT2D eigenvalue weighted by Crippen LogP contribution is -2.28. The Balaban J connectivity index is 4.57. The first-order valence-electron chi connectivity index (χ1n) is 2.59. The number of hydrogen-bond acceptors (Lipinski definition) is 2. The Bertz CT molecular complexity index is 176. The van der Waals surface area contributed by atoms with Gasteiger partial charge in [0.25, 0.3) is 0 Å². The van der Waals surface area contributed by atoms with Crippen LogP contribution in [0.3, 0.4) is 0 Å². The van der Waals surface area contributed by atoms with Gasteiger partial charge in [0.05, 0.1) is 4.75 Å². The van der Waals surface area contributed by atoms with E-state index in [9.17, 15) is 8.42 Å². The number of hydrogen-bond donors (Lipinski definition) is 0. The Labute approximate surface area is 70.1 Å². The van der Waals surface area contributed by atoms with Crippen molar-refractivity contribution in [2.75, 3.05) is 3.76 Å². The van der Waals surface area contributed by atoms with Crippen LogP contribution in [0.15, 0.2) is 0 Å². The molecule has 0 atom stereocenters. The molecule has 2 nitrogen and oxygen atoms in total. The van der Waals surface area contributed by atoms with Gasteiger partial charge in [-0.15, -0.1) is 0 Å². The molecule has 0 aromatic rings. The second-order valence-corrected chi connectivity index (χ2v) is 7.38. The van der Waals surface area contributed by atoms with Crippen LogP contribution in [0.1, 0.15) is 20.8 Å². The minimum absolute atomic E-state index is 0.203. The molecule has 0 aliphatic heterocycles. The van der Waals surface area contributed by atoms with Crippen molar-refractivity contribution >= 4 is 32.4 Å². The molecule has 0 aliphatic rings. The van der Waals surface area contributed by atoms with Crippen molar-refractivity contribution in [2.24, 2.45) is 0 Å². The van der Waals surface area contributed by atoms with Crippen LogP contribution in [-0.4, -0.2) is 16.9 Å². The summed E-state index contributed by atoms with van der Waals surface area (Å²) in [6.45, 7) is 5.13. The summed E-state index contributed by atoms with van der Waals surface area (Å²) in [6, 6.07) is 0. The molecule has 4 heteroatoms. The van der Waals surface area contributed by atoms with Gasteiger partial charge in [0.15, 0.2) is 9.84 Å². The number of alkyl halides is 1. The Morgan fingerprint density at radius 3 is 1.67 bits per heavy atom. The lowest BCUT2D eigenvalue weighted by atomic mass is 10.3. The summed E-state index contributed by atoms with van der Waals surface area (Å²) in [7, 11) is -2.85. The molecule has 0 bridgehead atoms. The Morgan fingerprint density at radius 1 is 1.33 bits per heavy atom. The van der Waals surface area contributed by atoms with Gasteiger partial charge in [-0.25, -0.2) is 8.42 Å². The molecule has 0 spiro atoms. The molecule has 0 radical (unpaired) electrons. The normalized spacial score (nSPS) is 13.8. The first kappa shape index (κ1) is 9.68. The summed E-state index contributed by atoms with van der Waals surface area (Å²) in [5.74, 6) is 0. The fourth-order valence-corrected chi connectivity index (χ4v) is 3.29. The van der Waals surface area contributed by atoms with Crippen molar-refractivity contribution < 1.29 is 8.42 Å². The Hall–Kier alpha value is 0.680. The topological polar surface area (TPSA) is 34.1 Å². The van der Waals surface area contributed by atoms with Crippen LogP contribution in [0.25, 0.3) is 0 Å². The van der Waals surface area contributed by atoms with Gasteiger partial charge in [0.1, 0.15) is 3.76 Å². The molecule has 0 saturated heterocycles. The van der Waals surface area contributed by atoms with Gasteiger partial charge >= 0.3 is 0 Å². The van der Waals surface area contributed by atoms with Crippen molar-refractivity contribution in [1.82, 2.24) is 0 Å². The molecule has 0 aliphatic carbocycles. The van der Waals surface area contributed by atoms with Crippen LogP contribution < -0.4 is 0 Å². The predicted octanol–water partition coefficient (Wildman–Crippen LogP) is 1.59. The van der Waals surface area contributed by atoms with E-state index in [2.05, 4.69) is 0 Å². The Morgan fingerprint density at radius 2 is 1.67 bits per heavy atom. The zero-order chi connectivity index (χ0) is 7.71. The molecule has 0 fully saturated rings. The third-order valence-corrected chi connectivity index (χ3v) is 5.69. The summed E-state index contributed by atoms with van der Waals surface area (Å²) in [5, 5.41) is 0. The zero-order valence-electron chi connectivity index (χ0n) is 5.81. The van der Waals surface area contributed by atoms with Gasteiger partial charge < -0.3 is 0 Å². The summed E-state index contributed by atoms with van der Waals surface area (Å²) in [4.78, 5) is 0. The van der Waals surface area contributed by atoms with Gasteiger partial charge in [-0.1, -0.05) is 22.6 Å². The van der Waals surface area contributed by atoms with Crippen molar-refractivity contribution in [3.63, 3.8) is 0 Å². The molecule has 9 heavy (non-hydrogen) atoms. The predicted molar refractivity (Wildman–Crippen MR) is 47.6 cm³/mol. The van der Waals surface area contributed by atoms with Crippen molar-refractivity contribution in [3.05, 3.63) is 0 Å². The summed E-state index contributed by atoms with van der Waals surface area (Å²) in [6.07, 6.45) is 0. The lowest BCUT2D eigenvalue weighted by molar-refractivity contribution is 0.566. The molecule has 0 aromatic heterocycles. The average molecular weight is 262 g/mol. The smallest absolute Gasteiger partial charge is 0.164 e. The quantitative estimate of drug-likeness (QED) is 0.531. The summed E-state index contributed by atoms with van der Waals surface area (Å²) in [5.41, 5.74) is 0. The molecule has 0 heterocycles. The maximum absolute atomic E-state index is 11.0. The van der Waals surface area contributed by atoms with Gasteiger partial charge in [0.2, 0.25) is 0 Å². The third-order valence-electron chi connectivity index (χ3n) is 1.08. The standard InChI is InChI=1S/C5H11IO2S/c1-5(2,3)9(7,8)4-6/h4H2,1-3H3. The SMILES string of the molecule is CC(C)(C)S(=O)(=O)CI. The molecule has 56 valence electrons. The number of halogens is 1. The van der Waals surface area contributed by atoms with Crippen LogP contribution >= 0.6 is 22.6 Å². The monoisotopic (exact) mass is 262 g/mol. The fraction of sp³-hybridized carbons (Fsp3) is 1.00. The van der Waals surface area contributed by atoms with E-state index in [1.54, 1.807) is 20.8 Å². The van der Waals surface area contributed by atoms with Gasteiger partial charge in [-0.3, -0.25) is 0 Å². The maximum Gasteiger partial charge on any atom is 0.164 e. The minimum atomic E-state index is -2.85. The molecule has 0 aromatic carbocycles. The number of rotatable bonds is 1. The van der Waals surface area contributed by atoms with Gasteiger partial charge in [-0.05, 0) is 20.8 Å². The second kappa shape index (κ2) is 2.74. The van der Waals surface area contributed by atoms with E-state index in [1.165, 1.54) is 0 Å². The first-order chi connectivity index (χ1) is 3.81. The van der Waals surface area contributed by atoms with E-state index in [4.69, 9.17) is 0 Å². The molecule has 0 unspecified atom stereocenters. The highest BCUT2D eigenvalue weighted by molar-refractivity contribution is 14.1. The van der Waals surface area contributed by atoms with Crippen LogP contribution in [0.2, 0.25) is 0 Å². The van der Waals surface area contributed by atoms with E-state index < -0.39 is 14.6 Å². The Kier molecular flexibility index (Phi) is 2.94. The highest BCUT2D eigenvalue weighted by Crippen LogP contribution is 2.17. The highest BCUT2D eigenvalue weighted by Gasteiger charge is 2.26. The number of sulfone groups is 1. The largest absolute Gasteiger partial charge is 0.227 e. The van der Waals surface area contributed by atoms with E-state index in [1.807, 2.05) is 22.6 Å². The van der Waals surface area contributed by atoms with Crippen LogP contribution in [0.4, 0.5) is 0 Å². The molecular formula is C5H11IO2S. The lowest BCUT2D eigenvalue weighted by Gasteiger charge is -2.16. The molecule has 0 saturated carbocycles. The minimum Gasteiger partial charge on any atom is -0.227 e. The van der Waals surface area contributed by atoms with Gasteiger partial charge in [0, 0.05) is 0 Å². The first-order valence-corrected chi connectivity index (χ1v) is 5.77. The molecule has 0 amide bonds. The maximum atomic E-state index is 11.0. The van der Waals surface area contributed by atoms with Crippen molar-refractivity contribution in [3.8, 4) is 0 Å².